The molecule has 4 aromatic rings. The van der Waals surface area contributed by atoms with Crippen molar-refractivity contribution in [2.24, 2.45) is 7.05 Å². The largest absolute Gasteiger partial charge is 0.354 e. The van der Waals surface area contributed by atoms with E-state index < -0.39 is 0 Å². The quantitative estimate of drug-likeness (QED) is 0.143. The Morgan fingerprint density at radius 3 is 2.24 bits per heavy atom. The van der Waals surface area contributed by atoms with Crippen LogP contribution in [0, 0.1) is 20.8 Å². The Morgan fingerprint density at radius 1 is 0.857 bits per heavy atom. The van der Waals surface area contributed by atoms with Crippen LogP contribution >= 0.6 is 0 Å². The maximum Gasteiger partial charge on any atom is 0.262 e. The highest BCUT2D eigenvalue weighted by atomic mass is 16.2. The standard InChI is InChI=1S/C35H37N3O4/c1-7-8-9-10-14-27(40)32-29-23-12-11-13-24(36-22(5)39)28(23)34(41)30-25(15-16-26(31(29)30)38(6)35(32)42)37-33-20(3)17-19(2)18-21(33)4/h11-13,15-18,37H,7-10,14H2,1-6H3,(H,36,39). The molecule has 7 nitrogen and oxygen atoms in total. The third-order valence-corrected chi connectivity index (χ3v) is 8.13. The number of aryl methyl sites for hydroxylation is 4. The number of hydrogen-bond acceptors (Lipinski definition) is 5. The first-order chi connectivity index (χ1) is 20.0. The summed E-state index contributed by atoms with van der Waals surface area (Å²) in [6, 6.07) is 13.0. The van der Waals surface area contributed by atoms with Gasteiger partial charge in [-0.05, 0) is 62.1 Å². The van der Waals surface area contributed by atoms with Crippen LogP contribution in [0.25, 0.3) is 22.0 Å². The van der Waals surface area contributed by atoms with Gasteiger partial charge in [0.2, 0.25) is 5.91 Å². The molecular formula is C35H37N3O4. The van der Waals surface area contributed by atoms with Gasteiger partial charge in [-0.3, -0.25) is 19.2 Å². The summed E-state index contributed by atoms with van der Waals surface area (Å²) < 4.78 is 1.48. The molecule has 1 aromatic heterocycles. The molecule has 0 radical (unpaired) electrons. The molecule has 0 saturated heterocycles. The number of unbranched alkanes of at least 4 members (excludes halogenated alkanes) is 3. The number of hydrogen-bond donors (Lipinski definition) is 2. The lowest BCUT2D eigenvalue weighted by Gasteiger charge is -2.27. The summed E-state index contributed by atoms with van der Waals surface area (Å²) in [7, 11) is 1.65. The van der Waals surface area contributed by atoms with E-state index in [9.17, 15) is 19.2 Å². The van der Waals surface area contributed by atoms with Crippen LogP contribution in [0.15, 0.2) is 47.3 Å². The van der Waals surface area contributed by atoms with Crippen LogP contribution in [0.2, 0.25) is 0 Å². The fraction of sp³-hybridized carbons (Fsp3) is 0.314. The van der Waals surface area contributed by atoms with Crippen molar-refractivity contribution in [1.29, 1.82) is 0 Å². The summed E-state index contributed by atoms with van der Waals surface area (Å²) in [5.74, 6) is -0.832. The zero-order valence-corrected chi connectivity index (χ0v) is 25.2. The molecule has 1 heterocycles. The summed E-state index contributed by atoms with van der Waals surface area (Å²) in [4.78, 5) is 54.3. The number of aromatic nitrogens is 1. The number of carbonyl (C=O) groups excluding carboxylic acids is 3. The molecule has 0 unspecified atom stereocenters. The normalized spacial score (nSPS) is 11.9. The van der Waals surface area contributed by atoms with Gasteiger partial charge in [0.15, 0.2) is 11.6 Å². The average Bonchev–Trinajstić information content (AvgIpc) is 2.93. The smallest absolute Gasteiger partial charge is 0.262 e. The van der Waals surface area contributed by atoms with Crippen LogP contribution in [0.1, 0.15) is 88.9 Å². The minimum absolute atomic E-state index is 0.0938. The number of Topliss-reactive ketones (excluding diaryl/α,β-unsaturated/α-hetero) is 1. The second kappa shape index (κ2) is 11.4. The maximum atomic E-state index is 14.5. The van der Waals surface area contributed by atoms with Crippen LogP contribution in [-0.4, -0.2) is 22.0 Å². The first-order valence-electron chi connectivity index (χ1n) is 14.6. The molecule has 2 N–H and O–H groups in total. The van der Waals surface area contributed by atoms with Gasteiger partial charge in [0.05, 0.1) is 33.6 Å². The Labute approximate surface area is 246 Å². The highest BCUT2D eigenvalue weighted by molar-refractivity contribution is 6.32. The van der Waals surface area contributed by atoms with Crippen LogP contribution in [-0.2, 0) is 11.8 Å². The van der Waals surface area contributed by atoms with Gasteiger partial charge < -0.3 is 15.2 Å². The second-order valence-corrected chi connectivity index (χ2v) is 11.4. The summed E-state index contributed by atoms with van der Waals surface area (Å²) in [6.45, 7) is 9.58. The number of nitrogens with zero attached hydrogens (tertiary/aromatic N) is 1. The van der Waals surface area contributed by atoms with Crippen molar-refractivity contribution in [3.05, 3.63) is 86.2 Å². The van der Waals surface area contributed by atoms with E-state index >= 15 is 0 Å². The zero-order chi connectivity index (χ0) is 30.3. The summed E-state index contributed by atoms with van der Waals surface area (Å²) in [6.07, 6.45) is 3.90. The number of benzene rings is 3. The molecule has 0 atom stereocenters. The molecule has 42 heavy (non-hydrogen) atoms. The van der Waals surface area contributed by atoms with Gasteiger partial charge >= 0.3 is 0 Å². The molecule has 3 aromatic carbocycles. The third-order valence-electron chi connectivity index (χ3n) is 8.13. The van der Waals surface area contributed by atoms with Gasteiger partial charge in [-0.2, -0.15) is 0 Å². The second-order valence-electron chi connectivity index (χ2n) is 11.4. The Balaban J connectivity index is 1.85. The molecule has 1 aliphatic rings. The fourth-order valence-electron chi connectivity index (χ4n) is 6.27. The third kappa shape index (κ3) is 4.93. The first kappa shape index (κ1) is 29.0. The lowest BCUT2D eigenvalue weighted by atomic mass is 9.79. The number of carbonyl (C=O) groups is 3. The molecule has 0 bridgehead atoms. The number of amides is 1. The molecule has 1 aliphatic carbocycles. The summed E-state index contributed by atoms with van der Waals surface area (Å²) >= 11 is 0. The summed E-state index contributed by atoms with van der Waals surface area (Å²) in [5.41, 5.74) is 6.90. The van der Waals surface area contributed by atoms with Gasteiger partial charge in [0.1, 0.15) is 0 Å². The lowest BCUT2D eigenvalue weighted by molar-refractivity contribution is -0.114. The Morgan fingerprint density at radius 2 is 1.57 bits per heavy atom. The molecule has 0 saturated carbocycles. The number of ketones is 2. The van der Waals surface area contributed by atoms with E-state index in [2.05, 4.69) is 29.7 Å². The maximum absolute atomic E-state index is 14.5. The molecule has 7 heteroatoms. The number of pyridine rings is 1. The van der Waals surface area contributed by atoms with Crippen LogP contribution in [0.5, 0.6) is 0 Å². The monoisotopic (exact) mass is 563 g/mol. The first-order valence-corrected chi connectivity index (χ1v) is 14.6. The molecule has 0 spiro atoms. The number of fused-ring (bicyclic) bond motifs is 2. The van der Waals surface area contributed by atoms with Crippen LogP contribution < -0.4 is 16.2 Å². The summed E-state index contributed by atoms with van der Waals surface area (Å²) in [5, 5.41) is 6.88. The fourth-order valence-corrected chi connectivity index (χ4v) is 6.27. The highest BCUT2D eigenvalue weighted by Gasteiger charge is 2.35. The van der Waals surface area contributed by atoms with Gasteiger partial charge in [0.25, 0.3) is 5.56 Å². The van der Waals surface area contributed by atoms with Crippen molar-refractivity contribution in [3.8, 4) is 11.1 Å². The molecule has 216 valence electrons. The van der Waals surface area contributed by atoms with E-state index in [0.29, 0.717) is 45.4 Å². The van der Waals surface area contributed by atoms with E-state index in [1.54, 1.807) is 25.2 Å². The van der Waals surface area contributed by atoms with Gasteiger partial charge in [0, 0.05) is 37.0 Å². The van der Waals surface area contributed by atoms with Crippen molar-refractivity contribution in [2.45, 2.75) is 66.7 Å². The van der Waals surface area contributed by atoms with E-state index in [1.165, 1.54) is 11.5 Å². The van der Waals surface area contributed by atoms with Crippen LogP contribution in [0.3, 0.4) is 0 Å². The van der Waals surface area contributed by atoms with E-state index in [1.807, 2.05) is 32.9 Å². The van der Waals surface area contributed by atoms with Gasteiger partial charge in [-0.1, -0.05) is 56.0 Å². The van der Waals surface area contributed by atoms with Crippen molar-refractivity contribution >= 4 is 45.4 Å². The SMILES string of the molecule is CCCCCCC(=O)c1c2c3c(c(Nc4c(C)cc(C)cc4C)ccc3n(C)c1=O)C(=O)c1c(NC(C)=O)cccc1-2. The van der Waals surface area contributed by atoms with Crippen molar-refractivity contribution in [3.63, 3.8) is 0 Å². The highest BCUT2D eigenvalue weighted by Crippen LogP contribution is 2.46. The van der Waals surface area contributed by atoms with Crippen LogP contribution in [0.4, 0.5) is 17.1 Å². The van der Waals surface area contributed by atoms with Gasteiger partial charge in [-0.15, -0.1) is 0 Å². The molecule has 1 amide bonds. The lowest BCUT2D eigenvalue weighted by Crippen LogP contribution is -2.29. The minimum atomic E-state index is -0.389. The number of rotatable bonds is 9. The number of nitrogens with one attached hydrogen (secondary N) is 2. The van der Waals surface area contributed by atoms with Gasteiger partial charge in [-0.25, -0.2) is 0 Å². The van der Waals surface area contributed by atoms with Crippen molar-refractivity contribution < 1.29 is 14.4 Å². The van der Waals surface area contributed by atoms with E-state index in [4.69, 9.17) is 0 Å². The Hall–Kier alpha value is -4.52. The average molecular weight is 564 g/mol. The molecular weight excluding hydrogens is 526 g/mol. The predicted octanol–water partition coefficient (Wildman–Crippen LogP) is 7.53. The van der Waals surface area contributed by atoms with Crippen molar-refractivity contribution in [2.75, 3.05) is 10.6 Å². The zero-order valence-electron chi connectivity index (χ0n) is 25.2. The molecule has 5 rings (SSSR count). The molecule has 0 fully saturated rings. The number of anilines is 3. The predicted molar refractivity (Wildman–Crippen MR) is 169 cm³/mol. The molecule has 0 aliphatic heterocycles. The van der Waals surface area contributed by atoms with E-state index in [0.717, 1.165) is 41.6 Å². The topological polar surface area (TPSA) is 97.3 Å². The minimum Gasteiger partial charge on any atom is -0.354 e. The Bertz CT molecular complexity index is 1830. The Kier molecular flexibility index (Phi) is 7.87. The van der Waals surface area contributed by atoms with Crippen molar-refractivity contribution in [1.82, 2.24) is 4.57 Å². The van der Waals surface area contributed by atoms with E-state index in [-0.39, 0.29) is 40.6 Å².